The fourth-order valence-corrected chi connectivity index (χ4v) is 10.0. The van der Waals surface area contributed by atoms with Crippen molar-refractivity contribution in [3.05, 3.63) is 50.1 Å². The third-order valence-electron chi connectivity index (χ3n) is 12.6. The number of non-ortho nitro benzene ring substituents is 1. The molecule has 3 saturated carbocycles. The molecule has 2 N–H and O–H groups in total. The summed E-state index contributed by atoms with van der Waals surface area (Å²) in [6.07, 6.45) is 9.28. The van der Waals surface area contributed by atoms with Crippen LogP contribution in [0.25, 0.3) is 0 Å². The van der Waals surface area contributed by atoms with Crippen molar-refractivity contribution in [3.63, 3.8) is 0 Å². The van der Waals surface area contributed by atoms with Gasteiger partial charge in [0.1, 0.15) is 17.6 Å². The molecule has 272 valence electrons. The van der Waals surface area contributed by atoms with E-state index >= 15 is 0 Å². The average Bonchev–Trinajstić information content (AvgIpc) is 3.36. The molecule has 13 nitrogen and oxygen atoms in total. The smallest absolute Gasteiger partial charge is 0.302 e. The van der Waals surface area contributed by atoms with Crippen LogP contribution in [0.3, 0.4) is 0 Å². The van der Waals surface area contributed by atoms with Crippen molar-refractivity contribution in [1.82, 2.24) is 5.32 Å². The minimum Gasteiger partial charge on any atom is -0.462 e. The van der Waals surface area contributed by atoms with E-state index in [1.165, 1.54) is 31.6 Å². The molecule has 0 bridgehead atoms. The van der Waals surface area contributed by atoms with Crippen molar-refractivity contribution in [3.8, 4) is 0 Å². The molecule has 0 aromatic heterocycles. The number of rotatable bonds is 12. The molecule has 0 saturated heterocycles. The number of ether oxygens (including phenoxy) is 1. The van der Waals surface area contributed by atoms with E-state index in [0.29, 0.717) is 37.6 Å². The fourth-order valence-electron chi connectivity index (χ4n) is 10.0. The molecule has 4 aliphatic carbocycles. The van der Waals surface area contributed by atoms with Crippen LogP contribution in [0.2, 0.25) is 0 Å². The monoisotopic (exact) mass is 693 g/mol. The Morgan fingerprint density at radius 1 is 1.04 bits per heavy atom. The van der Waals surface area contributed by atoms with Gasteiger partial charge in [-0.3, -0.25) is 40.0 Å². The van der Waals surface area contributed by atoms with E-state index in [9.17, 15) is 34.6 Å². The Hall–Kier alpha value is -4.16. The molecule has 0 spiro atoms. The SMILES string of the molecule is CC(=O)NC[C@H](C)CCC(=O)[C@H](C)[C@@H]1/C(=N/Nc2ccc([N+](=O)[O-])cc2[N+](=O)[O-])C[C@@H]2[C@@H]3CC=C4C[C@H](OC(C)=O)CC[C@]4(C)[C@H]3CC[C@@]21C. The van der Waals surface area contributed by atoms with Crippen LogP contribution in [-0.2, 0) is 19.1 Å². The maximum Gasteiger partial charge on any atom is 0.302 e. The summed E-state index contributed by atoms with van der Waals surface area (Å²) < 4.78 is 5.62. The number of esters is 1. The van der Waals surface area contributed by atoms with Gasteiger partial charge >= 0.3 is 11.7 Å². The second kappa shape index (κ2) is 14.6. The third kappa shape index (κ3) is 7.32. The molecular weight excluding hydrogens is 642 g/mol. The molecule has 5 rings (SSSR count). The number of carbonyl (C=O) groups is 3. The molecule has 1 aromatic rings. The Morgan fingerprint density at radius 2 is 1.78 bits per heavy atom. The van der Waals surface area contributed by atoms with Crippen LogP contribution in [0.4, 0.5) is 17.1 Å². The lowest BCUT2D eigenvalue weighted by Crippen LogP contribution is -2.51. The van der Waals surface area contributed by atoms with Gasteiger partial charge in [-0.25, -0.2) is 0 Å². The zero-order chi connectivity index (χ0) is 36.5. The number of nitrogens with one attached hydrogen (secondary N) is 2. The summed E-state index contributed by atoms with van der Waals surface area (Å²) in [4.78, 5) is 58.9. The quantitative estimate of drug-likeness (QED) is 0.0993. The molecular formula is C37H51N5O8. The molecule has 1 amide bonds. The number of nitro benzene ring substituents is 2. The van der Waals surface area contributed by atoms with Gasteiger partial charge in [-0.1, -0.05) is 39.3 Å². The highest BCUT2D eigenvalue weighted by Crippen LogP contribution is 2.66. The summed E-state index contributed by atoms with van der Waals surface area (Å²) in [6, 6.07) is 3.45. The molecule has 0 radical (unpaired) electrons. The lowest BCUT2D eigenvalue weighted by Gasteiger charge is -2.58. The lowest BCUT2D eigenvalue weighted by atomic mass is 9.47. The molecule has 13 heteroatoms. The first-order chi connectivity index (χ1) is 23.5. The lowest BCUT2D eigenvalue weighted by molar-refractivity contribution is -0.393. The number of anilines is 1. The molecule has 3 fully saturated rings. The van der Waals surface area contributed by atoms with Crippen molar-refractivity contribution in [2.75, 3.05) is 12.0 Å². The Balaban J connectivity index is 1.45. The van der Waals surface area contributed by atoms with Gasteiger partial charge < -0.3 is 10.1 Å². The number of fused-ring (bicyclic) bond motifs is 5. The van der Waals surface area contributed by atoms with Gasteiger partial charge in [0.25, 0.3) is 5.69 Å². The summed E-state index contributed by atoms with van der Waals surface area (Å²) in [6.45, 7) is 12.1. The number of carbonyl (C=O) groups excluding carboxylic acids is 3. The zero-order valence-electron chi connectivity index (χ0n) is 30.0. The predicted octanol–water partition coefficient (Wildman–Crippen LogP) is 7.15. The zero-order valence-corrected chi connectivity index (χ0v) is 30.0. The van der Waals surface area contributed by atoms with Gasteiger partial charge in [-0.15, -0.1) is 0 Å². The van der Waals surface area contributed by atoms with Crippen LogP contribution in [0.5, 0.6) is 0 Å². The van der Waals surface area contributed by atoms with Gasteiger partial charge in [-0.05, 0) is 85.5 Å². The standard InChI is InChI=1S/C37H51N5O8/c1-21(20-38-23(3)43)7-12-34(45)22(2)35-32(40-39-31-11-9-26(41(46)47)18-33(31)42(48)49)19-30-28-10-8-25-17-27(50-24(4)44)13-15-36(25,5)29(28)14-16-37(30,35)6/h8-9,11,18,21-22,27-30,35,39H,7,10,12-17,19-20H2,1-6H3,(H,38,43)/b40-32+/t21-,22+,27-,28-,29+,30-,35-,36+,37+/m1/s1. The van der Waals surface area contributed by atoms with Crippen LogP contribution in [0.1, 0.15) is 99.3 Å². The van der Waals surface area contributed by atoms with Gasteiger partial charge in [0.15, 0.2) is 0 Å². The second-order valence-electron chi connectivity index (χ2n) is 15.7. The Morgan fingerprint density at radius 3 is 2.44 bits per heavy atom. The Labute approximate surface area is 293 Å². The van der Waals surface area contributed by atoms with Crippen molar-refractivity contribution in [1.29, 1.82) is 0 Å². The number of hydrazone groups is 1. The largest absolute Gasteiger partial charge is 0.462 e. The molecule has 0 heterocycles. The summed E-state index contributed by atoms with van der Waals surface area (Å²) >= 11 is 0. The molecule has 0 aliphatic heterocycles. The maximum absolute atomic E-state index is 13.9. The first kappa shape index (κ1) is 37.1. The second-order valence-corrected chi connectivity index (χ2v) is 15.7. The van der Waals surface area contributed by atoms with E-state index < -0.39 is 15.5 Å². The van der Waals surface area contributed by atoms with Gasteiger partial charge in [-0.2, -0.15) is 5.10 Å². The maximum atomic E-state index is 13.9. The van der Waals surface area contributed by atoms with E-state index in [4.69, 9.17) is 9.84 Å². The van der Waals surface area contributed by atoms with Crippen LogP contribution >= 0.6 is 0 Å². The fraction of sp³-hybridized carbons (Fsp3) is 0.676. The number of benzene rings is 1. The number of ketones is 1. The summed E-state index contributed by atoms with van der Waals surface area (Å²) in [7, 11) is 0. The molecule has 4 aliphatic rings. The number of hydrogen-bond donors (Lipinski definition) is 2. The van der Waals surface area contributed by atoms with Crippen molar-refractivity contribution in [2.45, 2.75) is 105 Å². The summed E-state index contributed by atoms with van der Waals surface area (Å²) in [5, 5.41) is 30.9. The van der Waals surface area contributed by atoms with Gasteiger partial charge in [0.2, 0.25) is 5.91 Å². The highest BCUT2D eigenvalue weighted by molar-refractivity contribution is 5.96. The van der Waals surface area contributed by atoms with Crippen molar-refractivity contribution in [2.24, 2.45) is 51.4 Å². The van der Waals surface area contributed by atoms with Crippen LogP contribution in [-0.4, -0.2) is 45.9 Å². The topological polar surface area (TPSA) is 183 Å². The normalized spacial score (nSPS) is 32.0. The highest BCUT2D eigenvalue weighted by Gasteiger charge is 2.62. The molecule has 0 unspecified atom stereocenters. The summed E-state index contributed by atoms with van der Waals surface area (Å²) in [5.74, 6) is 0.381. The minimum absolute atomic E-state index is 0.000607. The minimum atomic E-state index is -0.671. The predicted molar refractivity (Wildman–Crippen MR) is 188 cm³/mol. The number of Topliss-reactive ketones (excluding diaryl/α,β-unsaturated/α-hetero) is 1. The van der Waals surface area contributed by atoms with Crippen molar-refractivity contribution < 1.29 is 29.0 Å². The van der Waals surface area contributed by atoms with E-state index in [2.05, 4.69) is 30.7 Å². The Bertz CT molecular complexity index is 1610. The van der Waals surface area contributed by atoms with E-state index in [1.807, 2.05) is 13.8 Å². The van der Waals surface area contributed by atoms with Crippen molar-refractivity contribution >= 4 is 40.4 Å². The third-order valence-corrected chi connectivity index (χ3v) is 12.6. The number of nitrogens with zero attached hydrogens (tertiary/aromatic N) is 3. The van der Waals surface area contributed by atoms with E-state index in [-0.39, 0.29) is 69.6 Å². The first-order valence-corrected chi connectivity index (χ1v) is 17.9. The van der Waals surface area contributed by atoms with Gasteiger partial charge in [0, 0.05) is 56.8 Å². The van der Waals surface area contributed by atoms with Crippen LogP contribution < -0.4 is 10.7 Å². The van der Waals surface area contributed by atoms with E-state index in [0.717, 1.165) is 50.3 Å². The van der Waals surface area contributed by atoms with Crippen LogP contribution in [0, 0.1) is 66.6 Å². The molecule has 1 aromatic carbocycles. The summed E-state index contributed by atoms with van der Waals surface area (Å²) in [5.41, 5.74) is 4.07. The molecule has 9 atom stereocenters. The van der Waals surface area contributed by atoms with Crippen LogP contribution in [0.15, 0.2) is 34.9 Å². The number of amides is 1. The highest BCUT2D eigenvalue weighted by atomic mass is 16.6. The number of hydrogen-bond acceptors (Lipinski definition) is 10. The first-order valence-electron chi connectivity index (χ1n) is 17.9. The number of nitro groups is 2. The van der Waals surface area contributed by atoms with E-state index in [1.54, 1.807) is 0 Å². The van der Waals surface area contributed by atoms with Gasteiger partial charge in [0.05, 0.1) is 15.9 Å². The molecule has 50 heavy (non-hydrogen) atoms. The number of allylic oxidation sites excluding steroid dienone is 1. The average molecular weight is 694 g/mol. The Kier molecular flexibility index (Phi) is 10.8.